The molecule has 0 spiro atoms. The molecule has 8 nitrogen and oxygen atoms in total. The minimum atomic E-state index is -4.54. The molecule has 4 aromatic rings. The summed E-state index contributed by atoms with van der Waals surface area (Å²) in [6.45, 7) is 0. The lowest BCUT2D eigenvalue weighted by Crippen LogP contribution is -2.49. The van der Waals surface area contributed by atoms with Crippen molar-refractivity contribution in [1.29, 1.82) is 5.26 Å². The summed E-state index contributed by atoms with van der Waals surface area (Å²) in [6, 6.07) is 19.4. The molecule has 5 rings (SSSR count). The monoisotopic (exact) mass is 624 g/mol. The van der Waals surface area contributed by atoms with Gasteiger partial charge in [-0.3, -0.25) is 0 Å². The largest absolute Gasteiger partial charge is 0.413 e. The first kappa shape index (κ1) is 30.8. The predicted molar refractivity (Wildman–Crippen MR) is 161 cm³/mol. The molecule has 1 saturated carbocycles. The number of benzene rings is 3. The molecule has 44 heavy (non-hydrogen) atoms. The fraction of sp³-hybridized carbons (Fsp3) is 0.258. The summed E-state index contributed by atoms with van der Waals surface area (Å²) in [7, 11) is 0. The number of fused-ring (bicyclic) bond motifs is 1. The summed E-state index contributed by atoms with van der Waals surface area (Å²) < 4.78 is 54.9. The number of hydrazine groups is 1. The smallest absolute Gasteiger partial charge is 0.399 e. The van der Waals surface area contributed by atoms with E-state index in [0.29, 0.717) is 45.8 Å². The Labute approximate surface area is 256 Å². The van der Waals surface area contributed by atoms with E-state index in [2.05, 4.69) is 26.7 Å². The SMILES string of the molecule is N#CCCC(Nc1ncnc2c(Cl)cc(NC(/C(N)=C/N(N)C3(C(F)(F)F)CC3)c3ccc(F)cc3)cc12)c1ccccc1. The van der Waals surface area contributed by atoms with E-state index in [1.54, 1.807) is 12.1 Å². The van der Waals surface area contributed by atoms with Gasteiger partial charge in [-0.05, 0) is 54.7 Å². The van der Waals surface area contributed by atoms with Gasteiger partial charge >= 0.3 is 6.18 Å². The number of alkyl halides is 3. The molecule has 1 fully saturated rings. The Morgan fingerprint density at radius 1 is 1.07 bits per heavy atom. The summed E-state index contributed by atoms with van der Waals surface area (Å²) in [5.74, 6) is 5.86. The van der Waals surface area contributed by atoms with Crippen LogP contribution >= 0.6 is 11.6 Å². The molecule has 1 heterocycles. The van der Waals surface area contributed by atoms with Gasteiger partial charge in [0.05, 0.1) is 34.4 Å². The molecule has 6 N–H and O–H groups in total. The van der Waals surface area contributed by atoms with Crippen LogP contribution in [-0.2, 0) is 0 Å². The van der Waals surface area contributed by atoms with Crippen molar-refractivity contribution in [1.82, 2.24) is 15.0 Å². The van der Waals surface area contributed by atoms with Crippen molar-refractivity contribution in [3.05, 3.63) is 107 Å². The quantitative estimate of drug-likeness (QED) is 0.0790. The molecule has 0 amide bonds. The summed E-state index contributed by atoms with van der Waals surface area (Å²) in [4.78, 5) is 8.77. The first-order valence-corrected chi connectivity index (χ1v) is 14.1. The second kappa shape index (κ2) is 12.6. The van der Waals surface area contributed by atoms with Crippen molar-refractivity contribution in [2.24, 2.45) is 11.6 Å². The van der Waals surface area contributed by atoms with Gasteiger partial charge in [0.25, 0.3) is 0 Å². The minimum Gasteiger partial charge on any atom is -0.399 e. The highest BCUT2D eigenvalue weighted by Crippen LogP contribution is 2.52. The Bertz CT molecular complexity index is 1690. The molecular formula is C31H29ClF4N8. The molecule has 0 saturated heterocycles. The average molecular weight is 625 g/mol. The van der Waals surface area contributed by atoms with E-state index in [9.17, 15) is 22.8 Å². The fourth-order valence-corrected chi connectivity index (χ4v) is 5.32. The van der Waals surface area contributed by atoms with Crippen LogP contribution in [0.2, 0.25) is 5.02 Å². The number of hydrogen-bond acceptors (Lipinski definition) is 8. The number of halogens is 5. The summed E-state index contributed by atoms with van der Waals surface area (Å²) in [5.41, 5.74) is 6.50. The third kappa shape index (κ3) is 6.49. The maximum atomic E-state index is 13.8. The molecule has 228 valence electrons. The van der Waals surface area contributed by atoms with Gasteiger partial charge in [-0.2, -0.15) is 18.4 Å². The molecule has 3 aromatic carbocycles. The number of nitrogens with one attached hydrogen (secondary N) is 2. The molecule has 13 heteroatoms. The van der Waals surface area contributed by atoms with Crippen LogP contribution in [0.15, 0.2) is 85.0 Å². The average Bonchev–Trinajstić information content (AvgIpc) is 3.82. The van der Waals surface area contributed by atoms with E-state index in [-0.39, 0.29) is 29.6 Å². The highest BCUT2D eigenvalue weighted by molar-refractivity contribution is 6.35. The molecule has 0 aliphatic heterocycles. The summed E-state index contributed by atoms with van der Waals surface area (Å²) in [5, 5.41) is 17.3. The second-order valence-electron chi connectivity index (χ2n) is 10.6. The highest BCUT2D eigenvalue weighted by Gasteiger charge is 2.66. The minimum absolute atomic E-state index is 0.0332. The number of nitrogens with two attached hydrogens (primary N) is 2. The van der Waals surface area contributed by atoms with Crippen LogP contribution in [0.4, 0.5) is 29.1 Å². The van der Waals surface area contributed by atoms with Crippen molar-refractivity contribution in [3.63, 3.8) is 0 Å². The Hall–Kier alpha value is -4.60. The third-order valence-electron chi connectivity index (χ3n) is 7.63. The van der Waals surface area contributed by atoms with Crippen molar-refractivity contribution in [2.45, 2.75) is 49.5 Å². The van der Waals surface area contributed by atoms with E-state index in [4.69, 9.17) is 23.2 Å². The molecule has 1 aliphatic carbocycles. The van der Waals surface area contributed by atoms with Crippen LogP contribution in [-0.4, -0.2) is 26.7 Å². The number of anilines is 2. The maximum absolute atomic E-state index is 13.8. The normalized spacial score (nSPS) is 15.7. The van der Waals surface area contributed by atoms with Crippen LogP contribution in [0.3, 0.4) is 0 Å². The Balaban J connectivity index is 1.52. The third-order valence-corrected chi connectivity index (χ3v) is 7.92. The Morgan fingerprint density at radius 2 is 1.77 bits per heavy atom. The molecule has 0 bridgehead atoms. The van der Waals surface area contributed by atoms with Crippen LogP contribution in [0, 0.1) is 17.1 Å². The van der Waals surface area contributed by atoms with E-state index in [1.807, 2.05) is 30.3 Å². The number of nitrogens with zero attached hydrogens (tertiary/aromatic N) is 4. The van der Waals surface area contributed by atoms with E-state index < -0.39 is 23.6 Å². The molecule has 1 aromatic heterocycles. The van der Waals surface area contributed by atoms with Crippen molar-refractivity contribution < 1.29 is 17.6 Å². The Kier molecular flexibility index (Phi) is 8.80. The van der Waals surface area contributed by atoms with Gasteiger partial charge in [-0.1, -0.05) is 54.1 Å². The van der Waals surface area contributed by atoms with Gasteiger partial charge in [-0.15, -0.1) is 0 Å². The first-order valence-electron chi connectivity index (χ1n) is 13.7. The van der Waals surface area contributed by atoms with Crippen LogP contribution in [0.25, 0.3) is 10.9 Å². The van der Waals surface area contributed by atoms with Crippen molar-refractivity contribution in [2.75, 3.05) is 10.6 Å². The van der Waals surface area contributed by atoms with Gasteiger partial charge in [0.2, 0.25) is 0 Å². The molecular weight excluding hydrogens is 596 g/mol. The zero-order valence-electron chi connectivity index (χ0n) is 23.3. The molecule has 1 aliphatic rings. The summed E-state index contributed by atoms with van der Waals surface area (Å²) in [6.07, 6.45) is -1.60. The number of rotatable bonds is 11. The highest BCUT2D eigenvalue weighted by atomic mass is 35.5. The fourth-order valence-electron chi connectivity index (χ4n) is 5.05. The van der Waals surface area contributed by atoms with Crippen LogP contribution in [0.5, 0.6) is 0 Å². The van der Waals surface area contributed by atoms with Gasteiger partial charge in [0, 0.05) is 23.7 Å². The second-order valence-corrected chi connectivity index (χ2v) is 11.0. The lowest BCUT2D eigenvalue weighted by Gasteiger charge is -2.30. The van der Waals surface area contributed by atoms with Crippen LogP contribution in [0.1, 0.15) is 48.9 Å². The zero-order valence-corrected chi connectivity index (χ0v) is 24.1. The van der Waals surface area contributed by atoms with Gasteiger partial charge in [-0.25, -0.2) is 20.2 Å². The molecule has 0 radical (unpaired) electrons. The number of aromatic nitrogens is 2. The lowest BCUT2D eigenvalue weighted by molar-refractivity contribution is -0.189. The standard InChI is InChI=1S/C31H29ClF4N8/c32-24-16-22(15-23-28(24)40-18-41-29(23)43-26(7-4-14-37)19-5-2-1-3-6-19)42-27(20-8-10-21(33)11-9-20)25(38)17-44(39)30(12-13-30)31(34,35)36/h1-3,5-6,8-11,15-18,26-27,42H,4,7,12-13,38-39H2,(H,40,41,43)/b25-17-. The number of nitriles is 1. The molecule has 2 atom stereocenters. The van der Waals surface area contributed by atoms with Crippen LogP contribution < -0.4 is 22.2 Å². The molecule has 2 unspecified atom stereocenters. The van der Waals surface area contributed by atoms with E-state index in [0.717, 1.165) is 11.8 Å². The maximum Gasteiger partial charge on any atom is 0.413 e. The Morgan fingerprint density at radius 3 is 2.41 bits per heavy atom. The van der Waals surface area contributed by atoms with E-state index in [1.165, 1.54) is 30.6 Å². The van der Waals surface area contributed by atoms with Crippen molar-refractivity contribution in [3.8, 4) is 6.07 Å². The van der Waals surface area contributed by atoms with Crippen molar-refractivity contribution >= 4 is 34.0 Å². The van der Waals surface area contributed by atoms with Gasteiger partial charge < -0.3 is 21.4 Å². The lowest BCUT2D eigenvalue weighted by atomic mass is 10.0. The first-order chi connectivity index (χ1) is 21.0. The topological polar surface area (TPSA) is 129 Å². The number of hydrogen-bond donors (Lipinski definition) is 4. The predicted octanol–water partition coefficient (Wildman–Crippen LogP) is 7.10. The van der Waals surface area contributed by atoms with Gasteiger partial charge in [0.1, 0.15) is 18.0 Å². The zero-order chi connectivity index (χ0) is 31.5. The summed E-state index contributed by atoms with van der Waals surface area (Å²) >= 11 is 6.65. The van der Waals surface area contributed by atoms with Gasteiger partial charge in [0.15, 0.2) is 5.54 Å². The van der Waals surface area contributed by atoms with E-state index >= 15 is 0 Å².